The summed E-state index contributed by atoms with van der Waals surface area (Å²) in [5, 5.41) is 0. The van der Waals surface area contributed by atoms with E-state index in [1.165, 1.54) is 6.42 Å². The van der Waals surface area contributed by atoms with Gasteiger partial charge in [-0.3, -0.25) is 0 Å². The van der Waals surface area contributed by atoms with E-state index in [1.807, 2.05) is 0 Å². The van der Waals surface area contributed by atoms with E-state index in [1.54, 1.807) is 0 Å². The second-order valence-corrected chi connectivity index (χ2v) is 10.2. The van der Waals surface area contributed by atoms with E-state index in [-0.39, 0.29) is 0 Å². The topological polar surface area (TPSA) is 9.23 Å². The van der Waals surface area contributed by atoms with Gasteiger partial charge in [-0.05, 0) is 32.4 Å². The molecule has 0 fully saturated rings. The van der Waals surface area contributed by atoms with E-state index in [4.69, 9.17) is 4.43 Å². The third-order valence-electron chi connectivity index (χ3n) is 1.65. The number of halogens is 1. The van der Waals surface area contributed by atoms with Crippen LogP contribution in [0.15, 0.2) is 0 Å². The highest BCUT2D eigenvalue weighted by molar-refractivity contribution is 9.09. The molecule has 1 unspecified atom stereocenters. The van der Waals surface area contributed by atoms with Gasteiger partial charge in [-0.1, -0.05) is 29.8 Å². The highest BCUT2D eigenvalue weighted by Crippen LogP contribution is 2.15. The van der Waals surface area contributed by atoms with Gasteiger partial charge >= 0.3 is 0 Å². The molecule has 12 heavy (non-hydrogen) atoms. The number of hydrogen-bond acceptors (Lipinski definition) is 1. The molecule has 0 aliphatic carbocycles. The fourth-order valence-corrected chi connectivity index (χ4v) is 2.93. The Morgan fingerprint density at radius 2 is 1.75 bits per heavy atom. The third-order valence-corrected chi connectivity index (χ3v) is 7.38. The van der Waals surface area contributed by atoms with Gasteiger partial charge in [0, 0.05) is 11.1 Å². The highest BCUT2D eigenvalue weighted by Gasteiger charge is 2.23. The Kier molecular flexibility index (Phi) is 5.70. The van der Waals surface area contributed by atoms with E-state index < -0.39 is 8.32 Å². The Morgan fingerprint density at radius 3 is 2.08 bits per heavy atom. The second kappa shape index (κ2) is 5.40. The fraction of sp³-hybridized carbons (Fsp3) is 1.00. The van der Waals surface area contributed by atoms with Crippen LogP contribution in [0.25, 0.3) is 0 Å². The lowest BCUT2D eigenvalue weighted by Crippen LogP contribution is -2.37. The molecule has 0 saturated heterocycles. The van der Waals surface area contributed by atoms with Crippen molar-refractivity contribution in [3.63, 3.8) is 0 Å². The van der Waals surface area contributed by atoms with E-state index in [0.29, 0.717) is 6.10 Å². The molecule has 3 heteroatoms. The highest BCUT2D eigenvalue weighted by atomic mass is 79.9. The van der Waals surface area contributed by atoms with Crippen LogP contribution in [0.2, 0.25) is 13.1 Å². The molecule has 74 valence electrons. The summed E-state index contributed by atoms with van der Waals surface area (Å²) in [6.07, 6.45) is 1.59. The van der Waals surface area contributed by atoms with Crippen LogP contribution in [0.5, 0.6) is 0 Å². The fourth-order valence-electron chi connectivity index (χ4n) is 1.29. The first-order chi connectivity index (χ1) is 5.37. The molecule has 0 N–H and O–H groups in total. The van der Waals surface area contributed by atoms with E-state index >= 15 is 0 Å². The predicted molar refractivity (Wildman–Crippen MR) is 61.3 cm³/mol. The number of rotatable bonds is 5. The molecular formula is C9H21BrOSi. The molecule has 0 amide bonds. The molecule has 0 aliphatic heterocycles. The smallest absolute Gasteiger partial charge is 0.197 e. The van der Waals surface area contributed by atoms with Crippen LogP contribution in [0.1, 0.15) is 27.2 Å². The second-order valence-electron chi connectivity index (χ2n) is 4.45. The maximum Gasteiger partial charge on any atom is 0.197 e. The van der Waals surface area contributed by atoms with Crippen LogP contribution in [-0.2, 0) is 4.43 Å². The molecule has 0 saturated carbocycles. The molecule has 0 spiro atoms. The molecular weight excluding hydrogens is 232 g/mol. The van der Waals surface area contributed by atoms with Gasteiger partial charge in [-0.25, -0.2) is 0 Å². The summed E-state index contributed by atoms with van der Waals surface area (Å²) in [6.45, 7) is 11.2. The molecule has 0 aromatic heterocycles. The summed E-state index contributed by atoms with van der Waals surface area (Å²) in [7, 11) is -1.39. The molecule has 1 nitrogen and oxygen atoms in total. The van der Waals surface area contributed by atoms with E-state index in [9.17, 15) is 0 Å². The minimum Gasteiger partial charge on any atom is -0.414 e. The van der Waals surface area contributed by atoms with E-state index in [2.05, 4.69) is 49.8 Å². The van der Waals surface area contributed by atoms with Crippen LogP contribution in [0, 0.1) is 5.92 Å². The molecule has 1 atom stereocenters. The Hall–Kier alpha value is 0.657. The normalized spacial score (nSPS) is 15.2. The number of hydrogen-bond donors (Lipinski definition) is 0. The van der Waals surface area contributed by atoms with Gasteiger partial charge in [0.1, 0.15) is 0 Å². The van der Waals surface area contributed by atoms with Gasteiger partial charge in [-0.2, -0.15) is 0 Å². The first kappa shape index (κ1) is 12.7. The van der Waals surface area contributed by atoms with Gasteiger partial charge in [0.05, 0.1) is 0 Å². The van der Waals surface area contributed by atoms with Crippen LogP contribution >= 0.6 is 15.9 Å². The van der Waals surface area contributed by atoms with Gasteiger partial charge < -0.3 is 4.43 Å². The lowest BCUT2D eigenvalue weighted by Gasteiger charge is -2.26. The van der Waals surface area contributed by atoms with Gasteiger partial charge in [0.25, 0.3) is 0 Å². The van der Waals surface area contributed by atoms with Gasteiger partial charge in [-0.15, -0.1) is 0 Å². The Balaban J connectivity index is 3.75. The maximum atomic E-state index is 5.99. The summed E-state index contributed by atoms with van der Waals surface area (Å²) in [4.78, 5) is 1.03. The average Bonchev–Trinajstić information content (AvgIpc) is 1.84. The minimum atomic E-state index is -1.39. The predicted octanol–water partition coefficient (Wildman–Crippen LogP) is 3.58. The van der Waals surface area contributed by atoms with Crippen molar-refractivity contribution in [3.05, 3.63) is 0 Å². The van der Waals surface area contributed by atoms with Crippen molar-refractivity contribution in [2.24, 2.45) is 5.92 Å². The SMILES string of the molecule is CC(C)CC(C)O[Si](C)(C)CBr. The zero-order valence-corrected chi connectivity index (χ0v) is 11.4. The van der Waals surface area contributed by atoms with Crippen molar-refractivity contribution < 1.29 is 4.43 Å². The summed E-state index contributed by atoms with van der Waals surface area (Å²) in [5.41, 5.74) is 0. The zero-order chi connectivity index (χ0) is 9.78. The summed E-state index contributed by atoms with van der Waals surface area (Å²) in [6, 6.07) is 0. The van der Waals surface area contributed by atoms with Crippen molar-refractivity contribution >= 4 is 24.2 Å². The summed E-state index contributed by atoms with van der Waals surface area (Å²) in [5.74, 6) is 0.736. The molecule has 0 bridgehead atoms. The van der Waals surface area contributed by atoms with Gasteiger partial charge in [0.2, 0.25) is 0 Å². The van der Waals surface area contributed by atoms with Crippen LogP contribution in [0.4, 0.5) is 0 Å². The largest absolute Gasteiger partial charge is 0.414 e. The first-order valence-corrected chi connectivity index (χ1v) is 8.85. The lowest BCUT2D eigenvalue weighted by molar-refractivity contribution is 0.186. The quantitative estimate of drug-likeness (QED) is 0.537. The van der Waals surface area contributed by atoms with Crippen molar-refractivity contribution in [2.45, 2.75) is 46.4 Å². The van der Waals surface area contributed by atoms with Crippen LogP contribution in [-0.4, -0.2) is 19.4 Å². The molecule has 0 aromatic carbocycles. The zero-order valence-electron chi connectivity index (χ0n) is 8.86. The number of alkyl halides is 1. The van der Waals surface area contributed by atoms with Crippen molar-refractivity contribution in [1.82, 2.24) is 0 Å². The van der Waals surface area contributed by atoms with Crippen LogP contribution < -0.4 is 0 Å². The Morgan fingerprint density at radius 1 is 1.25 bits per heavy atom. The molecule has 0 aromatic rings. The van der Waals surface area contributed by atoms with Crippen LogP contribution in [0.3, 0.4) is 0 Å². The molecule has 0 heterocycles. The minimum absolute atomic E-state index is 0.421. The van der Waals surface area contributed by atoms with Gasteiger partial charge in [0.15, 0.2) is 8.32 Å². The lowest BCUT2D eigenvalue weighted by atomic mass is 10.1. The maximum absolute atomic E-state index is 5.99. The summed E-state index contributed by atoms with van der Waals surface area (Å²) < 4.78 is 5.99. The van der Waals surface area contributed by atoms with Crippen molar-refractivity contribution in [1.29, 1.82) is 0 Å². The summed E-state index contributed by atoms with van der Waals surface area (Å²) >= 11 is 3.50. The molecule has 0 rings (SSSR count). The third kappa shape index (κ3) is 6.20. The standard InChI is InChI=1S/C9H21BrOSi/c1-8(2)6-9(3)11-12(4,5)7-10/h8-9H,6-7H2,1-5H3. The monoisotopic (exact) mass is 252 g/mol. The van der Waals surface area contributed by atoms with Crippen molar-refractivity contribution in [3.8, 4) is 0 Å². The van der Waals surface area contributed by atoms with Crippen molar-refractivity contribution in [2.75, 3.05) is 4.95 Å². The average molecular weight is 253 g/mol. The first-order valence-electron chi connectivity index (χ1n) is 4.61. The molecule has 0 radical (unpaired) electrons. The van der Waals surface area contributed by atoms with E-state index in [0.717, 1.165) is 10.9 Å². The Bertz CT molecular complexity index is 126. The Labute approximate surface area is 86.1 Å². The molecule has 0 aliphatic rings.